The van der Waals surface area contributed by atoms with E-state index >= 15 is 0 Å². The summed E-state index contributed by atoms with van der Waals surface area (Å²) < 4.78 is 11.4. The quantitative estimate of drug-likeness (QED) is 0.800. The van der Waals surface area contributed by atoms with Crippen LogP contribution in [-0.2, 0) is 4.74 Å². The van der Waals surface area contributed by atoms with Crippen molar-refractivity contribution in [1.82, 2.24) is 9.88 Å². The van der Waals surface area contributed by atoms with Crippen LogP contribution in [0.5, 0.6) is 5.75 Å². The molecule has 2 aromatic rings. The predicted octanol–water partition coefficient (Wildman–Crippen LogP) is 4.59. The van der Waals surface area contributed by atoms with Crippen LogP contribution in [0, 0.1) is 0 Å². The minimum Gasteiger partial charge on any atom is -0.490 e. The number of ether oxygens (including phenoxy) is 2. The zero-order valence-electron chi connectivity index (χ0n) is 14.9. The first-order valence-electron chi connectivity index (χ1n) is 8.54. The summed E-state index contributed by atoms with van der Waals surface area (Å²) in [5.41, 5.74) is 0.562. The number of carbonyl (C=O) groups is 1. The van der Waals surface area contributed by atoms with Gasteiger partial charge in [-0.25, -0.2) is 4.79 Å². The highest BCUT2D eigenvalue weighted by Gasteiger charge is 2.32. The van der Waals surface area contributed by atoms with Gasteiger partial charge in [-0.3, -0.25) is 4.98 Å². The third-order valence-electron chi connectivity index (χ3n) is 3.97. The van der Waals surface area contributed by atoms with Gasteiger partial charge in [0.15, 0.2) is 0 Å². The number of nitrogens with zero attached hydrogens (tertiary/aromatic N) is 2. The van der Waals surface area contributed by atoms with E-state index in [0.29, 0.717) is 6.61 Å². The number of amides is 1. The van der Waals surface area contributed by atoms with E-state index in [9.17, 15) is 4.79 Å². The van der Waals surface area contributed by atoms with E-state index in [2.05, 4.69) is 11.1 Å². The van der Waals surface area contributed by atoms with E-state index in [1.807, 2.05) is 44.5 Å². The summed E-state index contributed by atoms with van der Waals surface area (Å²) in [6, 6.07) is 6.11. The molecule has 3 heterocycles. The molecule has 25 heavy (non-hydrogen) atoms. The fourth-order valence-electron chi connectivity index (χ4n) is 2.84. The van der Waals surface area contributed by atoms with E-state index in [0.717, 1.165) is 35.6 Å². The zero-order valence-corrected chi connectivity index (χ0v) is 15.7. The van der Waals surface area contributed by atoms with Crippen LogP contribution in [0.25, 0.3) is 10.4 Å². The monoisotopic (exact) mass is 360 g/mol. The Hall–Kier alpha value is -2.08. The summed E-state index contributed by atoms with van der Waals surface area (Å²) in [5, 5.41) is 2.04. The van der Waals surface area contributed by atoms with E-state index in [4.69, 9.17) is 9.47 Å². The normalized spacial score (nSPS) is 17.6. The summed E-state index contributed by atoms with van der Waals surface area (Å²) in [5.74, 6) is 0.724. The molecular formula is C19H24N2O3S. The van der Waals surface area contributed by atoms with Crippen LogP contribution in [0.1, 0.15) is 33.6 Å². The van der Waals surface area contributed by atoms with E-state index in [-0.39, 0.29) is 12.1 Å². The second kappa shape index (κ2) is 7.44. The van der Waals surface area contributed by atoms with Crippen molar-refractivity contribution in [2.24, 2.45) is 0 Å². The van der Waals surface area contributed by atoms with Gasteiger partial charge in [0.05, 0.1) is 12.2 Å². The van der Waals surface area contributed by atoms with Crippen LogP contribution in [-0.4, -0.2) is 40.8 Å². The Morgan fingerprint density at radius 1 is 1.40 bits per heavy atom. The van der Waals surface area contributed by atoms with Crippen LogP contribution in [0.3, 0.4) is 0 Å². The molecule has 1 fully saturated rings. The maximum atomic E-state index is 12.3. The summed E-state index contributed by atoms with van der Waals surface area (Å²) >= 11 is 1.67. The molecule has 0 spiro atoms. The lowest BCUT2D eigenvalue weighted by molar-refractivity contribution is 0.0187. The molecule has 0 bridgehead atoms. The molecule has 2 aromatic heterocycles. The number of carbonyl (C=O) groups excluding carboxylic acids is 1. The lowest BCUT2D eigenvalue weighted by Crippen LogP contribution is -2.42. The Morgan fingerprint density at radius 2 is 2.24 bits per heavy atom. The molecule has 0 saturated carbocycles. The van der Waals surface area contributed by atoms with Gasteiger partial charge in [-0.2, -0.15) is 0 Å². The summed E-state index contributed by atoms with van der Waals surface area (Å²) in [4.78, 5) is 19.5. The highest BCUT2D eigenvalue weighted by Crippen LogP contribution is 2.27. The predicted molar refractivity (Wildman–Crippen MR) is 99.0 cm³/mol. The standard InChI is InChI=1S/C19H24N2O3S/c1-19(2,3)24-18(22)21-8-4-6-15(21)13-23-16-10-14(11-20-12-16)17-7-5-9-25-17/h5,7,9-12,15H,4,6,8,13H2,1-3H3/t15-/m0/s1. The van der Waals surface area contributed by atoms with Gasteiger partial charge in [0, 0.05) is 23.2 Å². The molecule has 134 valence electrons. The Kier molecular flexibility index (Phi) is 5.27. The molecule has 3 rings (SSSR count). The van der Waals surface area contributed by atoms with Gasteiger partial charge in [-0.1, -0.05) is 6.07 Å². The van der Waals surface area contributed by atoms with Gasteiger partial charge in [0.25, 0.3) is 0 Å². The Balaban J connectivity index is 1.61. The summed E-state index contributed by atoms with van der Waals surface area (Å²) in [6.45, 7) is 6.82. The smallest absolute Gasteiger partial charge is 0.410 e. The first-order chi connectivity index (χ1) is 11.9. The van der Waals surface area contributed by atoms with Crippen molar-refractivity contribution in [2.75, 3.05) is 13.2 Å². The van der Waals surface area contributed by atoms with Crippen molar-refractivity contribution in [3.63, 3.8) is 0 Å². The van der Waals surface area contributed by atoms with Crippen molar-refractivity contribution >= 4 is 17.4 Å². The SMILES string of the molecule is CC(C)(C)OC(=O)N1CCC[C@H]1COc1cncc(-c2cccs2)c1. The van der Waals surface area contributed by atoms with Gasteiger partial charge in [0.2, 0.25) is 0 Å². The van der Waals surface area contributed by atoms with Crippen molar-refractivity contribution in [3.05, 3.63) is 36.0 Å². The molecule has 5 nitrogen and oxygen atoms in total. The maximum absolute atomic E-state index is 12.3. The fourth-order valence-corrected chi connectivity index (χ4v) is 3.55. The highest BCUT2D eigenvalue weighted by molar-refractivity contribution is 7.13. The van der Waals surface area contributed by atoms with Crippen molar-refractivity contribution < 1.29 is 14.3 Å². The molecule has 0 aliphatic carbocycles. The third-order valence-corrected chi connectivity index (χ3v) is 4.89. The minimum absolute atomic E-state index is 0.0419. The van der Waals surface area contributed by atoms with Gasteiger partial charge < -0.3 is 14.4 Å². The highest BCUT2D eigenvalue weighted by atomic mass is 32.1. The molecule has 1 aliphatic heterocycles. The number of thiophene rings is 1. The Labute approximate surface area is 152 Å². The fraction of sp³-hybridized carbons (Fsp3) is 0.474. The van der Waals surface area contributed by atoms with Crippen molar-refractivity contribution in [2.45, 2.75) is 45.3 Å². The molecule has 0 radical (unpaired) electrons. The molecular weight excluding hydrogens is 336 g/mol. The third kappa shape index (κ3) is 4.72. The molecule has 1 aliphatic rings. The van der Waals surface area contributed by atoms with E-state index < -0.39 is 5.60 Å². The first kappa shape index (κ1) is 17.7. The van der Waals surface area contributed by atoms with Crippen LogP contribution in [0.15, 0.2) is 36.0 Å². The number of rotatable bonds is 4. The van der Waals surface area contributed by atoms with E-state index in [1.165, 1.54) is 0 Å². The molecule has 0 aromatic carbocycles. The van der Waals surface area contributed by atoms with Gasteiger partial charge in [-0.15, -0.1) is 11.3 Å². The molecule has 1 atom stereocenters. The second-order valence-electron chi connectivity index (χ2n) is 7.17. The van der Waals surface area contributed by atoms with Crippen LogP contribution in [0.2, 0.25) is 0 Å². The minimum atomic E-state index is -0.482. The number of aromatic nitrogens is 1. The summed E-state index contributed by atoms with van der Waals surface area (Å²) in [6.07, 6.45) is 5.19. The molecule has 1 amide bonds. The largest absolute Gasteiger partial charge is 0.490 e. The summed E-state index contributed by atoms with van der Waals surface area (Å²) in [7, 11) is 0. The zero-order chi connectivity index (χ0) is 17.9. The molecule has 6 heteroatoms. The average molecular weight is 360 g/mol. The Bertz CT molecular complexity index is 710. The Morgan fingerprint density at radius 3 is 2.96 bits per heavy atom. The van der Waals surface area contributed by atoms with Crippen molar-refractivity contribution in [1.29, 1.82) is 0 Å². The van der Waals surface area contributed by atoms with Crippen LogP contribution >= 0.6 is 11.3 Å². The van der Waals surface area contributed by atoms with Crippen LogP contribution < -0.4 is 4.74 Å². The number of likely N-dealkylation sites (tertiary alicyclic amines) is 1. The van der Waals surface area contributed by atoms with Gasteiger partial charge >= 0.3 is 6.09 Å². The lowest BCUT2D eigenvalue weighted by Gasteiger charge is -2.28. The average Bonchev–Trinajstić information content (AvgIpc) is 3.23. The molecule has 0 N–H and O–H groups in total. The maximum Gasteiger partial charge on any atom is 0.410 e. The first-order valence-corrected chi connectivity index (χ1v) is 9.42. The topological polar surface area (TPSA) is 51.7 Å². The van der Waals surface area contributed by atoms with E-state index in [1.54, 1.807) is 22.4 Å². The number of hydrogen-bond donors (Lipinski definition) is 0. The van der Waals surface area contributed by atoms with Crippen LogP contribution in [0.4, 0.5) is 4.79 Å². The number of hydrogen-bond acceptors (Lipinski definition) is 5. The van der Waals surface area contributed by atoms with Crippen molar-refractivity contribution in [3.8, 4) is 16.2 Å². The molecule has 1 saturated heterocycles. The lowest BCUT2D eigenvalue weighted by atomic mass is 10.2. The number of pyridine rings is 1. The second-order valence-corrected chi connectivity index (χ2v) is 8.12. The molecule has 0 unspecified atom stereocenters. The van der Waals surface area contributed by atoms with Gasteiger partial charge in [0.1, 0.15) is 18.0 Å². The van der Waals surface area contributed by atoms with Gasteiger partial charge in [-0.05, 0) is 51.1 Å².